The first-order chi connectivity index (χ1) is 16.5. The molecule has 1 unspecified atom stereocenters. The van der Waals surface area contributed by atoms with Gasteiger partial charge in [0, 0.05) is 55.0 Å². The van der Waals surface area contributed by atoms with E-state index in [2.05, 4.69) is 36.9 Å². The van der Waals surface area contributed by atoms with E-state index in [4.69, 9.17) is 5.41 Å². The number of pyridine rings is 2. The number of rotatable bonds is 7. The number of hydrogen-bond donors (Lipinski definition) is 4. The second-order valence-electron chi connectivity index (χ2n) is 8.20. The Bertz CT molecular complexity index is 1240. The molecule has 1 aliphatic rings. The first-order valence-corrected chi connectivity index (χ1v) is 11.0. The molecule has 4 rings (SSSR count). The minimum Gasteiger partial charge on any atom is -0.354 e. The van der Waals surface area contributed by atoms with Gasteiger partial charge >= 0.3 is 6.03 Å². The third-order valence-electron chi connectivity index (χ3n) is 5.65. The van der Waals surface area contributed by atoms with E-state index in [0.717, 1.165) is 29.9 Å². The van der Waals surface area contributed by atoms with Crippen molar-refractivity contribution in [1.29, 1.82) is 10.7 Å². The molecule has 0 saturated carbocycles. The molecule has 34 heavy (non-hydrogen) atoms. The maximum Gasteiger partial charge on any atom is 0.320 e. The molecule has 2 aromatic heterocycles. The van der Waals surface area contributed by atoms with E-state index in [-0.39, 0.29) is 12.1 Å². The summed E-state index contributed by atoms with van der Waals surface area (Å²) in [5.74, 6) is 0.366. The van der Waals surface area contributed by atoms with Gasteiger partial charge in [-0.15, -0.1) is 0 Å². The number of carbonyl (C=O) groups excluding carboxylic acids is 1. The summed E-state index contributed by atoms with van der Waals surface area (Å²) in [6.07, 6.45) is 5.35. The van der Waals surface area contributed by atoms with Gasteiger partial charge in [0.15, 0.2) is 0 Å². The van der Waals surface area contributed by atoms with E-state index in [1.54, 1.807) is 18.5 Å². The lowest BCUT2D eigenvalue weighted by Crippen LogP contribution is -2.39. The van der Waals surface area contributed by atoms with Crippen molar-refractivity contribution in [2.24, 2.45) is 0 Å². The Morgan fingerprint density at radius 1 is 1.29 bits per heavy atom. The van der Waals surface area contributed by atoms with Crippen molar-refractivity contribution in [3.63, 3.8) is 0 Å². The quantitative estimate of drug-likeness (QED) is 0.402. The van der Waals surface area contributed by atoms with Crippen LogP contribution in [0, 0.1) is 23.7 Å². The molecule has 2 amide bonds. The van der Waals surface area contributed by atoms with Crippen LogP contribution in [0.4, 0.5) is 22.0 Å². The van der Waals surface area contributed by atoms with Gasteiger partial charge in [-0.3, -0.25) is 15.2 Å². The molecule has 1 fully saturated rings. The highest BCUT2D eigenvalue weighted by Crippen LogP contribution is 2.22. The fourth-order valence-corrected chi connectivity index (χ4v) is 3.98. The number of hydrogen-bond acceptors (Lipinski definition) is 7. The number of likely N-dealkylation sites (tertiary alicyclic amines) is 1. The van der Waals surface area contributed by atoms with E-state index in [0.29, 0.717) is 35.7 Å². The lowest BCUT2D eigenvalue weighted by atomic mass is 10.1. The predicted molar refractivity (Wildman–Crippen MR) is 131 cm³/mol. The number of aromatic nitrogens is 2. The number of anilines is 3. The second kappa shape index (κ2) is 10.6. The van der Waals surface area contributed by atoms with Crippen LogP contribution >= 0.6 is 0 Å². The number of urea groups is 1. The van der Waals surface area contributed by atoms with Crippen LogP contribution in [0.1, 0.15) is 28.8 Å². The topological polar surface area (TPSA) is 130 Å². The summed E-state index contributed by atoms with van der Waals surface area (Å²) in [5.41, 5.74) is 4.66. The Morgan fingerprint density at radius 3 is 2.94 bits per heavy atom. The first-order valence-electron chi connectivity index (χ1n) is 11.0. The summed E-state index contributed by atoms with van der Waals surface area (Å²) in [4.78, 5) is 23.3. The molecule has 0 radical (unpaired) electrons. The first kappa shape index (κ1) is 22.9. The molecule has 1 aliphatic heterocycles. The number of nitrogens with one attached hydrogen (secondary N) is 4. The molecule has 4 N–H and O–H groups in total. The summed E-state index contributed by atoms with van der Waals surface area (Å²) in [5, 5.41) is 26.0. The minimum absolute atomic E-state index is 0.00678. The van der Waals surface area contributed by atoms with Crippen molar-refractivity contribution in [3.05, 3.63) is 77.2 Å². The minimum atomic E-state index is -0.335. The summed E-state index contributed by atoms with van der Waals surface area (Å²) in [6, 6.07) is 14.9. The number of amides is 2. The molecular formula is C25H26N8O. The van der Waals surface area contributed by atoms with Gasteiger partial charge in [-0.25, -0.2) is 9.78 Å². The van der Waals surface area contributed by atoms with E-state index in [1.807, 2.05) is 43.3 Å². The highest BCUT2D eigenvalue weighted by molar-refractivity contribution is 5.92. The molecule has 0 aliphatic carbocycles. The summed E-state index contributed by atoms with van der Waals surface area (Å²) < 4.78 is 0. The van der Waals surface area contributed by atoms with E-state index >= 15 is 0 Å². The SMILES string of the molecule is Cc1cc(Nc2cnc(NC(=O)NC3CCN(Cc4ccccc4C#N)C3)cc2C=N)ccn1. The van der Waals surface area contributed by atoms with Crippen molar-refractivity contribution in [2.75, 3.05) is 23.7 Å². The second-order valence-corrected chi connectivity index (χ2v) is 8.20. The highest BCUT2D eigenvalue weighted by Gasteiger charge is 2.24. The Balaban J connectivity index is 1.32. The lowest BCUT2D eigenvalue weighted by Gasteiger charge is -2.18. The zero-order valence-corrected chi connectivity index (χ0v) is 18.9. The van der Waals surface area contributed by atoms with Gasteiger partial charge in [-0.1, -0.05) is 18.2 Å². The number of nitriles is 1. The third kappa shape index (κ3) is 5.74. The number of nitrogens with zero attached hydrogens (tertiary/aromatic N) is 4. The molecule has 9 nitrogen and oxygen atoms in total. The molecule has 9 heteroatoms. The van der Waals surface area contributed by atoms with Crippen LogP contribution in [0.5, 0.6) is 0 Å². The molecular weight excluding hydrogens is 428 g/mol. The van der Waals surface area contributed by atoms with Crippen LogP contribution in [0.15, 0.2) is 54.9 Å². The van der Waals surface area contributed by atoms with Crippen LogP contribution in [-0.4, -0.2) is 46.2 Å². The summed E-state index contributed by atoms with van der Waals surface area (Å²) in [6.45, 7) is 4.14. The van der Waals surface area contributed by atoms with Crippen LogP contribution < -0.4 is 16.0 Å². The Hall–Kier alpha value is -4.29. The molecule has 172 valence electrons. The van der Waals surface area contributed by atoms with Crippen molar-refractivity contribution in [1.82, 2.24) is 20.2 Å². The van der Waals surface area contributed by atoms with Crippen molar-refractivity contribution >= 4 is 29.4 Å². The molecule has 0 bridgehead atoms. The molecule has 3 heterocycles. The Labute approximate surface area is 198 Å². The van der Waals surface area contributed by atoms with Gasteiger partial charge in [0.25, 0.3) is 0 Å². The smallest absolute Gasteiger partial charge is 0.320 e. The Kier molecular flexibility index (Phi) is 7.10. The van der Waals surface area contributed by atoms with E-state index in [1.165, 1.54) is 6.21 Å². The maximum atomic E-state index is 12.5. The third-order valence-corrected chi connectivity index (χ3v) is 5.65. The zero-order chi connectivity index (χ0) is 23.9. The van der Waals surface area contributed by atoms with E-state index < -0.39 is 0 Å². The molecule has 0 spiro atoms. The molecule has 3 aromatic rings. The normalized spacial score (nSPS) is 15.4. The zero-order valence-electron chi connectivity index (χ0n) is 18.9. The van der Waals surface area contributed by atoms with Crippen molar-refractivity contribution in [3.8, 4) is 6.07 Å². The van der Waals surface area contributed by atoms with Gasteiger partial charge in [0.1, 0.15) is 5.82 Å². The lowest BCUT2D eigenvalue weighted by molar-refractivity contribution is 0.247. The summed E-state index contributed by atoms with van der Waals surface area (Å²) in [7, 11) is 0. The van der Waals surface area contributed by atoms with Gasteiger partial charge < -0.3 is 16.0 Å². The standard InChI is InChI=1S/C25H26N8O/c1-17-10-21(6-8-28-17)30-23-14-29-24(11-20(23)13-27)32-25(34)31-22-7-9-33(16-22)15-19-5-3-2-4-18(19)12-26/h2-6,8,10-11,13-14,22,27H,7,9,15-16H2,1H3,(H,28,30)(H2,29,31,32,34). The highest BCUT2D eigenvalue weighted by atomic mass is 16.2. The summed E-state index contributed by atoms with van der Waals surface area (Å²) >= 11 is 0. The maximum absolute atomic E-state index is 12.5. The van der Waals surface area contributed by atoms with Crippen molar-refractivity contribution < 1.29 is 4.79 Å². The van der Waals surface area contributed by atoms with Gasteiger partial charge in [0.05, 0.1) is 23.5 Å². The van der Waals surface area contributed by atoms with E-state index in [9.17, 15) is 10.1 Å². The number of benzene rings is 1. The van der Waals surface area contributed by atoms with Crippen LogP contribution in [-0.2, 0) is 6.54 Å². The molecule has 1 atom stereocenters. The average Bonchev–Trinajstić information content (AvgIpc) is 3.26. The number of carbonyl (C=O) groups is 1. The predicted octanol–water partition coefficient (Wildman–Crippen LogP) is 3.79. The number of aryl methyl sites for hydroxylation is 1. The van der Waals surface area contributed by atoms with Crippen LogP contribution in [0.3, 0.4) is 0 Å². The van der Waals surface area contributed by atoms with Crippen LogP contribution in [0.25, 0.3) is 0 Å². The fraction of sp³-hybridized carbons (Fsp3) is 0.240. The molecule has 1 aromatic carbocycles. The van der Waals surface area contributed by atoms with Gasteiger partial charge in [0.2, 0.25) is 0 Å². The largest absolute Gasteiger partial charge is 0.354 e. The molecule has 1 saturated heterocycles. The van der Waals surface area contributed by atoms with Gasteiger partial charge in [-0.2, -0.15) is 5.26 Å². The van der Waals surface area contributed by atoms with Gasteiger partial charge in [-0.05, 0) is 43.2 Å². The van der Waals surface area contributed by atoms with Crippen LogP contribution in [0.2, 0.25) is 0 Å². The fourth-order valence-electron chi connectivity index (χ4n) is 3.98. The average molecular weight is 455 g/mol. The van der Waals surface area contributed by atoms with Crippen molar-refractivity contribution in [2.45, 2.75) is 25.9 Å². The Morgan fingerprint density at radius 2 is 2.15 bits per heavy atom. The monoisotopic (exact) mass is 454 g/mol.